The highest BCUT2D eigenvalue weighted by Gasteiger charge is 2.24. The largest absolute Gasteiger partial charge is 0.340 e. The molecule has 0 aromatic heterocycles. The molecule has 0 fully saturated rings. The summed E-state index contributed by atoms with van der Waals surface area (Å²) in [6.07, 6.45) is 2.21. The Labute approximate surface area is 127 Å². The third-order valence-corrected chi connectivity index (χ3v) is 4.67. The Kier molecular flexibility index (Phi) is 3.84. The second kappa shape index (κ2) is 5.77. The van der Waals surface area contributed by atoms with Gasteiger partial charge in [-0.1, -0.05) is 37.2 Å². The van der Waals surface area contributed by atoms with Gasteiger partial charge in [-0.05, 0) is 24.6 Å². The Hall–Kier alpha value is -2.01. The Balaban J connectivity index is 2.07. The zero-order valence-corrected chi connectivity index (χ0v) is 12.6. The van der Waals surface area contributed by atoms with Crippen LogP contribution in [0.25, 0.3) is 0 Å². The number of anilines is 2. The zero-order valence-electron chi connectivity index (χ0n) is 11.8. The van der Waals surface area contributed by atoms with E-state index in [-0.39, 0.29) is 10.6 Å². The third kappa shape index (κ3) is 2.61. The van der Waals surface area contributed by atoms with Crippen LogP contribution in [0.2, 0.25) is 0 Å². The Bertz CT molecular complexity index is 688. The molecule has 0 amide bonds. The molecule has 4 nitrogen and oxygen atoms in total. The van der Waals surface area contributed by atoms with Crippen molar-refractivity contribution in [2.45, 2.75) is 29.6 Å². The van der Waals surface area contributed by atoms with Crippen molar-refractivity contribution in [2.24, 2.45) is 0 Å². The van der Waals surface area contributed by atoms with Gasteiger partial charge in [0.25, 0.3) is 5.69 Å². The maximum Gasteiger partial charge on any atom is 0.270 e. The Morgan fingerprint density at radius 3 is 2.67 bits per heavy atom. The fraction of sp³-hybridized carbons (Fsp3) is 0.250. The van der Waals surface area contributed by atoms with E-state index < -0.39 is 0 Å². The summed E-state index contributed by atoms with van der Waals surface area (Å²) < 4.78 is 0. The summed E-state index contributed by atoms with van der Waals surface area (Å²) >= 11 is 1.61. The molecule has 0 spiro atoms. The first kappa shape index (κ1) is 13.9. The molecule has 0 atom stereocenters. The van der Waals surface area contributed by atoms with Crippen LogP contribution in [-0.2, 0) is 0 Å². The minimum absolute atomic E-state index is 0.149. The van der Waals surface area contributed by atoms with Crippen molar-refractivity contribution < 1.29 is 4.92 Å². The zero-order chi connectivity index (χ0) is 14.8. The number of hydrogen-bond acceptors (Lipinski definition) is 4. The summed E-state index contributed by atoms with van der Waals surface area (Å²) in [5.74, 6) is 0. The van der Waals surface area contributed by atoms with E-state index in [0.717, 1.165) is 34.9 Å². The monoisotopic (exact) mass is 300 g/mol. The molecule has 0 saturated heterocycles. The van der Waals surface area contributed by atoms with Crippen molar-refractivity contribution in [3.63, 3.8) is 0 Å². The molecule has 0 bridgehead atoms. The van der Waals surface area contributed by atoms with Crippen molar-refractivity contribution in [1.29, 1.82) is 0 Å². The summed E-state index contributed by atoms with van der Waals surface area (Å²) in [6, 6.07) is 13.4. The van der Waals surface area contributed by atoms with Gasteiger partial charge < -0.3 is 4.90 Å². The molecule has 0 aliphatic carbocycles. The van der Waals surface area contributed by atoms with Gasteiger partial charge in [-0.25, -0.2) is 0 Å². The predicted octanol–water partition coefficient (Wildman–Crippen LogP) is 5.00. The number of hydrogen-bond donors (Lipinski definition) is 0. The van der Waals surface area contributed by atoms with E-state index in [1.165, 1.54) is 5.69 Å². The fourth-order valence-electron chi connectivity index (χ4n) is 2.49. The van der Waals surface area contributed by atoms with Crippen molar-refractivity contribution >= 4 is 28.8 Å². The lowest BCUT2D eigenvalue weighted by molar-refractivity contribution is -0.385. The molecular weight excluding hydrogens is 284 g/mol. The predicted molar refractivity (Wildman–Crippen MR) is 85.6 cm³/mol. The highest BCUT2D eigenvalue weighted by atomic mass is 32.2. The molecule has 0 saturated carbocycles. The van der Waals surface area contributed by atoms with Gasteiger partial charge in [0, 0.05) is 28.5 Å². The highest BCUT2D eigenvalue weighted by Crippen LogP contribution is 2.48. The minimum atomic E-state index is -0.336. The number of fused-ring (bicyclic) bond motifs is 2. The second-order valence-electron chi connectivity index (χ2n) is 4.98. The molecule has 5 heteroatoms. The molecule has 3 rings (SSSR count). The van der Waals surface area contributed by atoms with Crippen LogP contribution in [0.5, 0.6) is 0 Å². The lowest BCUT2D eigenvalue weighted by Crippen LogP contribution is -2.21. The molecular formula is C16H16N2O2S. The number of rotatable bonds is 4. The van der Waals surface area contributed by atoms with E-state index in [2.05, 4.69) is 24.0 Å². The number of para-hydroxylation sites is 1. The van der Waals surface area contributed by atoms with Gasteiger partial charge in [0.1, 0.15) is 0 Å². The second-order valence-corrected chi connectivity index (χ2v) is 6.07. The van der Waals surface area contributed by atoms with Gasteiger partial charge in [-0.15, -0.1) is 0 Å². The number of benzene rings is 2. The molecule has 1 aliphatic rings. The molecule has 2 aromatic carbocycles. The number of unbranched alkanes of at least 4 members (excludes halogenated alkanes) is 1. The first-order valence-electron chi connectivity index (χ1n) is 7.03. The standard InChI is InChI=1S/C16H16N2O2S/c1-2-3-10-17-13-6-4-5-7-15(13)21-16-11-12(18(19)20)8-9-14(16)17/h4-9,11H,2-3,10H2,1H3. The maximum atomic E-state index is 11.0. The average Bonchev–Trinajstić information content (AvgIpc) is 2.50. The van der Waals surface area contributed by atoms with Gasteiger partial charge in [0.05, 0.1) is 16.3 Å². The van der Waals surface area contributed by atoms with Crippen LogP contribution in [0.1, 0.15) is 19.8 Å². The molecule has 1 heterocycles. The van der Waals surface area contributed by atoms with Crippen LogP contribution in [0.4, 0.5) is 17.1 Å². The number of nitro benzene ring substituents is 1. The van der Waals surface area contributed by atoms with Gasteiger partial charge >= 0.3 is 0 Å². The number of non-ortho nitro benzene ring substituents is 1. The third-order valence-electron chi connectivity index (χ3n) is 3.56. The van der Waals surface area contributed by atoms with Crippen LogP contribution < -0.4 is 4.90 Å². The summed E-state index contributed by atoms with van der Waals surface area (Å²) in [5.41, 5.74) is 2.41. The van der Waals surface area contributed by atoms with Gasteiger partial charge in [-0.2, -0.15) is 0 Å². The molecule has 0 N–H and O–H groups in total. The smallest absolute Gasteiger partial charge is 0.270 e. The topological polar surface area (TPSA) is 46.4 Å². The first-order chi connectivity index (χ1) is 10.2. The fourth-order valence-corrected chi connectivity index (χ4v) is 3.62. The summed E-state index contributed by atoms with van der Waals surface area (Å²) in [5, 5.41) is 11.0. The van der Waals surface area contributed by atoms with E-state index in [1.54, 1.807) is 23.9 Å². The van der Waals surface area contributed by atoms with E-state index in [0.29, 0.717) is 0 Å². The Morgan fingerprint density at radius 1 is 1.14 bits per heavy atom. The van der Waals surface area contributed by atoms with Crippen molar-refractivity contribution in [3.05, 3.63) is 52.6 Å². The van der Waals surface area contributed by atoms with E-state index in [4.69, 9.17) is 0 Å². The lowest BCUT2D eigenvalue weighted by atomic mass is 10.2. The normalized spacial score (nSPS) is 12.7. The summed E-state index contributed by atoms with van der Waals surface area (Å²) in [7, 11) is 0. The van der Waals surface area contributed by atoms with Crippen LogP contribution in [0, 0.1) is 10.1 Å². The molecule has 0 unspecified atom stereocenters. The molecule has 108 valence electrons. The van der Waals surface area contributed by atoms with E-state index in [1.807, 2.05) is 18.2 Å². The van der Waals surface area contributed by atoms with Gasteiger partial charge in [-0.3, -0.25) is 10.1 Å². The first-order valence-corrected chi connectivity index (χ1v) is 7.85. The summed E-state index contributed by atoms with van der Waals surface area (Å²) in [4.78, 5) is 15.0. The maximum absolute atomic E-state index is 11.0. The number of nitro groups is 1. The van der Waals surface area contributed by atoms with Gasteiger partial charge in [0.15, 0.2) is 0 Å². The number of nitrogens with zero attached hydrogens (tertiary/aromatic N) is 2. The van der Waals surface area contributed by atoms with Crippen molar-refractivity contribution in [3.8, 4) is 0 Å². The average molecular weight is 300 g/mol. The lowest BCUT2D eigenvalue weighted by Gasteiger charge is -2.32. The minimum Gasteiger partial charge on any atom is -0.340 e. The van der Waals surface area contributed by atoms with Crippen LogP contribution in [0.15, 0.2) is 52.3 Å². The van der Waals surface area contributed by atoms with Gasteiger partial charge in [0.2, 0.25) is 0 Å². The van der Waals surface area contributed by atoms with Crippen LogP contribution in [0.3, 0.4) is 0 Å². The molecule has 2 aromatic rings. The summed E-state index contributed by atoms with van der Waals surface area (Å²) in [6.45, 7) is 3.10. The Morgan fingerprint density at radius 2 is 1.90 bits per heavy atom. The van der Waals surface area contributed by atoms with E-state index >= 15 is 0 Å². The van der Waals surface area contributed by atoms with E-state index in [9.17, 15) is 10.1 Å². The van der Waals surface area contributed by atoms with Crippen molar-refractivity contribution in [2.75, 3.05) is 11.4 Å². The van der Waals surface area contributed by atoms with Crippen molar-refractivity contribution in [1.82, 2.24) is 0 Å². The molecule has 21 heavy (non-hydrogen) atoms. The quantitative estimate of drug-likeness (QED) is 0.589. The molecule has 1 aliphatic heterocycles. The SMILES string of the molecule is CCCCN1c2ccccc2Sc2cc([N+](=O)[O-])ccc21. The highest BCUT2D eigenvalue weighted by molar-refractivity contribution is 7.99. The molecule has 0 radical (unpaired) electrons. The van der Waals surface area contributed by atoms with Crippen LogP contribution in [-0.4, -0.2) is 11.5 Å². The van der Waals surface area contributed by atoms with Crippen LogP contribution >= 0.6 is 11.8 Å².